The fourth-order valence-corrected chi connectivity index (χ4v) is 3.82. The molecule has 2 aromatic carbocycles. The van der Waals surface area contributed by atoms with Gasteiger partial charge >= 0.3 is 6.09 Å². The first kappa shape index (κ1) is 29.0. The first-order valence-corrected chi connectivity index (χ1v) is 12.4. The van der Waals surface area contributed by atoms with Gasteiger partial charge in [-0.15, -0.1) is 0 Å². The molecule has 2 amide bonds. The maximum atomic E-state index is 13.9. The summed E-state index contributed by atoms with van der Waals surface area (Å²) in [4.78, 5) is 39.1. The highest BCUT2D eigenvalue weighted by Gasteiger charge is 2.40. The summed E-state index contributed by atoms with van der Waals surface area (Å²) in [7, 11) is 0. The first-order chi connectivity index (χ1) is 17.1. The molecule has 5 N–H and O–H groups in total. The number of carbonyl (C=O) groups is 3. The van der Waals surface area contributed by atoms with Crippen molar-refractivity contribution in [1.82, 2.24) is 10.6 Å². The molecule has 1 unspecified atom stereocenters. The first-order valence-electron chi connectivity index (χ1n) is 12.4. The largest absolute Gasteiger partial charge is 0.445 e. The molecule has 0 bridgehead atoms. The van der Waals surface area contributed by atoms with E-state index < -0.39 is 41.9 Å². The van der Waals surface area contributed by atoms with E-state index in [-0.39, 0.29) is 18.4 Å². The second-order valence-corrected chi connectivity index (χ2v) is 9.52. The second kappa shape index (κ2) is 14.4. The summed E-state index contributed by atoms with van der Waals surface area (Å²) in [6.45, 7) is 8.05. The van der Waals surface area contributed by atoms with E-state index in [0.29, 0.717) is 18.5 Å². The Hall–Kier alpha value is -3.23. The number of ketones is 1. The van der Waals surface area contributed by atoms with Crippen molar-refractivity contribution in [3.05, 3.63) is 71.8 Å². The number of nitrogens with two attached hydrogens (primary N) is 1. The van der Waals surface area contributed by atoms with Gasteiger partial charge in [-0.25, -0.2) is 4.79 Å². The number of aliphatic hydroxyl groups excluding tert-OH is 1. The molecule has 0 saturated carbocycles. The molecule has 0 aromatic heterocycles. The van der Waals surface area contributed by atoms with E-state index in [9.17, 15) is 19.5 Å². The van der Waals surface area contributed by atoms with E-state index >= 15 is 0 Å². The normalized spacial score (nSPS) is 15.3. The van der Waals surface area contributed by atoms with Gasteiger partial charge in [0.05, 0.1) is 18.0 Å². The Morgan fingerprint density at radius 2 is 1.56 bits per heavy atom. The standard InChI is InChI=1S/C28H39N3O5/c1-5-19(4)24(31-28(35)36-17-20-12-8-6-9-13-20)25(32)22(21-14-10-7-11-15-21)23(29)26(33)27(34)30-16-18(2)3/h6-15,18-19,22-24,26,33H,5,16-17,29H2,1-4H3,(H,30,34)(H,31,35)/t19-,22?,23-,24-,26+/m0/s1. The van der Waals surface area contributed by atoms with Gasteiger partial charge in [0.25, 0.3) is 5.91 Å². The molecule has 0 spiro atoms. The Morgan fingerprint density at radius 1 is 0.972 bits per heavy atom. The number of hydrogen-bond donors (Lipinski definition) is 4. The number of amides is 2. The van der Waals surface area contributed by atoms with Gasteiger partial charge in [0, 0.05) is 6.54 Å². The van der Waals surface area contributed by atoms with Crippen LogP contribution >= 0.6 is 0 Å². The number of benzene rings is 2. The van der Waals surface area contributed by atoms with Crippen molar-refractivity contribution in [2.24, 2.45) is 17.6 Å². The van der Waals surface area contributed by atoms with Gasteiger partial charge in [0.15, 0.2) is 5.78 Å². The zero-order valence-corrected chi connectivity index (χ0v) is 21.5. The van der Waals surface area contributed by atoms with Gasteiger partial charge in [-0.1, -0.05) is 94.8 Å². The average molecular weight is 498 g/mol. The van der Waals surface area contributed by atoms with Crippen LogP contribution in [0.5, 0.6) is 0 Å². The summed E-state index contributed by atoms with van der Waals surface area (Å²) >= 11 is 0. The van der Waals surface area contributed by atoms with E-state index in [1.807, 2.05) is 58.0 Å². The summed E-state index contributed by atoms with van der Waals surface area (Å²) in [5.74, 6) is -2.12. The predicted octanol–water partition coefficient (Wildman–Crippen LogP) is 3.14. The minimum atomic E-state index is -1.61. The molecule has 2 aromatic rings. The SMILES string of the molecule is CC[C@H](C)[C@H](NC(=O)OCc1ccccc1)C(=O)C(c1ccccc1)[C@H](N)[C@@H](O)C(=O)NCC(C)C. The van der Waals surface area contributed by atoms with E-state index in [4.69, 9.17) is 10.5 Å². The molecule has 0 radical (unpaired) electrons. The third-order valence-electron chi connectivity index (χ3n) is 6.17. The molecule has 2 rings (SSSR count). The molecule has 196 valence electrons. The minimum Gasteiger partial charge on any atom is -0.445 e. The number of carbonyl (C=O) groups excluding carboxylic acids is 3. The lowest BCUT2D eigenvalue weighted by Gasteiger charge is -2.32. The number of hydrogen-bond acceptors (Lipinski definition) is 6. The van der Waals surface area contributed by atoms with Gasteiger partial charge in [-0.2, -0.15) is 0 Å². The molecule has 36 heavy (non-hydrogen) atoms. The van der Waals surface area contributed by atoms with Gasteiger partial charge in [-0.3, -0.25) is 9.59 Å². The Bertz CT molecular complexity index is 968. The second-order valence-electron chi connectivity index (χ2n) is 9.52. The van der Waals surface area contributed by atoms with Crippen LogP contribution in [0.3, 0.4) is 0 Å². The van der Waals surface area contributed by atoms with Crippen molar-refractivity contribution < 1.29 is 24.2 Å². The number of rotatable bonds is 13. The Kier molecular flexibility index (Phi) is 11.6. The van der Waals surface area contributed by atoms with Crippen molar-refractivity contribution in [2.75, 3.05) is 6.54 Å². The van der Waals surface area contributed by atoms with Gasteiger partial charge in [0.1, 0.15) is 12.7 Å². The zero-order valence-electron chi connectivity index (χ0n) is 21.5. The van der Waals surface area contributed by atoms with E-state index in [1.165, 1.54) is 0 Å². The number of alkyl carbamates (subject to hydrolysis) is 1. The Labute approximate surface area is 213 Å². The summed E-state index contributed by atoms with van der Waals surface area (Å²) in [6, 6.07) is 15.8. The predicted molar refractivity (Wildman–Crippen MR) is 139 cm³/mol. The van der Waals surface area contributed by atoms with Crippen molar-refractivity contribution >= 4 is 17.8 Å². The van der Waals surface area contributed by atoms with E-state index in [1.54, 1.807) is 30.3 Å². The van der Waals surface area contributed by atoms with Crippen LogP contribution in [0.1, 0.15) is 51.2 Å². The van der Waals surface area contributed by atoms with Gasteiger partial charge in [0.2, 0.25) is 0 Å². The fourth-order valence-electron chi connectivity index (χ4n) is 3.82. The van der Waals surface area contributed by atoms with Crippen molar-refractivity contribution in [2.45, 2.75) is 64.8 Å². The fraction of sp³-hybridized carbons (Fsp3) is 0.464. The third-order valence-corrected chi connectivity index (χ3v) is 6.17. The van der Waals surface area contributed by atoms with Crippen LogP contribution in [-0.4, -0.2) is 47.6 Å². The monoisotopic (exact) mass is 497 g/mol. The molecular formula is C28H39N3O5. The summed E-state index contributed by atoms with van der Waals surface area (Å²) in [6.07, 6.45) is -1.74. The van der Waals surface area contributed by atoms with Crippen molar-refractivity contribution in [3.8, 4) is 0 Å². The molecule has 8 heteroatoms. The summed E-state index contributed by atoms with van der Waals surface area (Å²) < 4.78 is 5.34. The van der Waals surface area contributed by atoms with Crippen LogP contribution in [-0.2, 0) is 20.9 Å². The summed E-state index contributed by atoms with van der Waals surface area (Å²) in [5.41, 5.74) is 7.74. The molecule has 0 aliphatic heterocycles. The van der Waals surface area contributed by atoms with Crippen LogP contribution in [0, 0.1) is 11.8 Å². The highest BCUT2D eigenvalue weighted by atomic mass is 16.5. The topological polar surface area (TPSA) is 131 Å². The number of ether oxygens (including phenoxy) is 1. The van der Waals surface area contributed by atoms with Gasteiger partial charge < -0.3 is 26.2 Å². The van der Waals surface area contributed by atoms with Crippen LogP contribution < -0.4 is 16.4 Å². The lowest BCUT2D eigenvalue weighted by Crippen LogP contribution is -2.55. The summed E-state index contributed by atoms with van der Waals surface area (Å²) in [5, 5.41) is 16.1. The van der Waals surface area contributed by atoms with Crippen LogP contribution in [0.4, 0.5) is 4.79 Å². The molecule has 8 nitrogen and oxygen atoms in total. The lowest BCUT2D eigenvalue weighted by molar-refractivity contribution is -0.132. The molecule has 0 aliphatic rings. The maximum Gasteiger partial charge on any atom is 0.408 e. The highest BCUT2D eigenvalue weighted by Crippen LogP contribution is 2.26. The highest BCUT2D eigenvalue weighted by molar-refractivity contribution is 5.94. The third kappa shape index (κ3) is 8.46. The Morgan fingerprint density at radius 3 is 2.11 bits per heavy atom. The van der Waals surface area contributed by atoms with Crippen LogP contribution in [0.25, 0.3) is 0 Å². The molecule has 0 saturated heterocycles. The van der Waals surface area contributed by atoms with E-state index in [2.05, 4.69) is 10.6 Å². The Balaban J connectivity index is 2.26. The lowest BCUT2D eigenvalue weighted by atomic mass is 9.79. The quantitative estimate of drug-likeness (QED) is 0.336. The molecule has 0 heterocycles. The molecule has 0 aliphatic carbocycles. The maximum absolute atomic E-state index is 13.9. The number of nitrogens with one attached hydrogen (secondary N) is 2. The molecular weight excluding hydrogens is 458 g/mol. The number of Topliss-reactive ketones (excluding diaryl/α,β-unsaturated/α-hetero) is 1. The van der Waals surface area contributed by atoms with E-state index in [0.717, 1.165) is 5.56 Å². The van der Waals surface area contributed by atoms with Crippen LogP contribution in [0.2, 0.25) is 0 Å². The van der Waals surface area contributed by atoms with Crippen molar-refractivity contribution in [1.29, 1.82) is 0 Å². The van der Waals surface area contributed by atoms with Crippen LogP contribution in [0.15, 0.2) is 60.7 Å². The number of aliphatic hydroxyl groups is 1. The van der Waals surface area contributed by atoms with Gasteiger partial charge in [-0.05, 0) is 23.0 Å². The minimum absolute atomic E-state index is 0.0600. The smallest absolute Gasteiger partial charge is 0.408 e. The molecule has 5 atom stereocenters. The molecule has 0 fully saturated rings. The van der Waals surface area contributed by atoms with Crippen molar-refractivity contribution in [3.63, 3.8) is 0 Å². The zero-order chi connectivity index (χ0) is 26.7. The average Bonchev–Trinajstić information content (AvgIpc) is 2.89.